The Morgan fingerprint density at radius 2 is 2.03 bits per heavy atom. The second-order valence-corrected chi connectivity index (χ2v) is 8.00. The highest BCUT2D eigenvalue weighted by molar-refractivity contribution is 5.96. The lowest BCUT2D eigenvalue weighted by atomic mass is 10.1. The van der Waals surface area contributed by atoms with Gasteiger partial charge in [0, 0.05) is 60.4 Å². The van der Waals surface area contributed by atoms with Gasteiger partial charge in [0.2, 0.25) is 5.95 Å². The molecule has 0 saturated carbocycles. The zero-order chi connectivity index (χ0) is 22.6. The number of aryl methyl sites for hydroxylation is 1. The first-order chi connectivity index (χ1) is 16.2. The van der Waals surface area contributed by atoms with Crippen molar-refractivity contribution in [1.82, 2.24) is 24.4 Å². The summed E-state index contributed by atoms with van der Waals surface area (Å²) < 4.78 is 7.57. The summed E-state index contributed by atoms with van der Waals surface area (Å²) in [4.78, 5) is 28.1. The van der Waals surface area contributed by atoms with Crippen LogP contribution in [0.2, 0.25) is 0 Å². The fourth-order valence-corrected chi connectivity index (χ4v) is 4.14. The largest absolute Gasteiger partial charge is 0.378 e. The third-order valence-electron chi connectivity index (χ3n) is 5.74. The number of anilines is 2. The van der Waals surface area contributed by atoms with Crippen LogP contribution < -0.4 is 5.32 Å². The van der Waals surface area contributed by atoms with Crippen LogP contribution in [0, 0.1) is 0 Å². The molecule has 3 aromatic heterocycles. The number of hydrogen-bond donors (Lipinski definition) is 1. The van der Waals surface area contributed by atoms with Gasteiger partial charge in [-0.2, -0.15) is 0 Å². The number of carbonyl (C=O) groups excluding carboxylic acids is 1. The molecule has 168 valence electrons. The van der Waals surface area contributed by atoms with E-state index >= 15 is 0 Å². The molecule has 1 amide bonds. The molecule has 0 unspecified atom stereocenters. The summed E-state index contributed by atoms with van der Waals surface area (Å²) in [5.74, 6) is 0.489. The molecule has 1 saturated heterocycles. The molecular formula is C25H26N6O2. The molecule has 0 radical (unpaired) electrons. The molecule has 0 spiro atoms. The highest BCUT2D eigenvalue weighted by atomic mass is 16.5. The first-order valence-electron chi connectivity index (χ1n) is 11.2. The zero-order valence-corrected chi connectivity index (χ0v) is 18.6. The summed E-state index contributed by atoms with van der Waals surface area (Å²) in [6, 6.07) is 11.4. The topological polar surface area (TPSA) is 85.2 Å². The third-order valence-corrected chi connectivity index (χ3v) is 5.74. The van der Waals surface area contributed by atoms with Crippen molar-refractivity contribution < 1.29 is 9.53 Å². The molecule has 1 aliphatic rings. The summed E-state index contributed by atoms with van der Waals surface area (Å²) in [7, 11) is 0. The average Bonchev–Trinajstić information content (AvgIpc) is 3.23. The Balaban J connectivity index is 1.41. The maximum atomic E-state index is 12.8. The smallest absolute Gasteiger partial charge is 0.254 e. The van der Waals surface area contributed by atoms with Crippen molar-refractivity contribution in [3.8, 4) is 11.3 Å². The lowest BCUT2D eigenvalue weighted by Crippen LogP contribution is -2.40. The van der Waals surface area contributed by atoms with Gasteiger partial charge in [-0.1, -0.05) is 13.0 Å². The minimum atomic E-state index is 0.00830. The number of rotatable bonds is 6. The van der Waals surface area contributed by atoms with Crippen LogP contribution in [0.4, 0.5) is 11.6 Å². The number of fused-ring (bicyclic) bond motifs is 1. The summed E-state index contributed by atoms with van der Waals surface area (Å²) in [6.45, 7) is 5.46. The fourth-order valence-electron chi connectivity index (χ4n) is 4.14. The van der Waals surface area contributed by atoms with Crippen molar-refractivity contribution in [1.29, 1.82) is 0 Å². The lowest BCUT2D eigenvalue weighted by Gasteiger charge is -2.27. The van der Waals surface area contributed by atoms with E-state index in [1.807, 2.05) is 47.5 Å². The molecule has 4 aromatic rings. The number of benzene rings is 1. The number of amides is 1. The molecule has 8 heteroatoms. The van der Waals surface area contributed by atoms with E-state index in [1.54, 1.807) is 12.4 Å². The van der Waals surface area contributed by atoms with Crippen molar-refractivity contribution in [3.63, 3.8) is 0 Å². The van der Waals surface area contributed by atoms with Crippen molar-refractivity contribution in [2.45, 2.75) is 19.9 Å². The molecule has 5 rings (SSSR count). The summed E-state index contributed by atoms with van der Waals surface area (Å²) in [5.41, 5.74) is 4.37. The number of nitrogens with zero attached hydrogens (tertiary/aromatic N) is 5. The van der Waals surface area contributed by atoms with E-state index in [2.05, 4.69) is 33.0 Å². The predicted molar refractivity (Wildman–Crippen MR) is 127 cm³/mol. The Labute approximate surface area is 192 Å². The van der Waals surface area contributed by atoms with Gasteiger partial charge in [0.1, 0.15) is 0 Å². The Kier molecular flexibility index (Phi) is 5.99. The third kappa shape index (κ3) is 4.42. The second-order valence-electron chi connectivity index (χ2n) is 8.00. The van der Waals surface area contributed by atoms with E-state index in [1.165, 1.54) is 0 Å². The second kappa shape index (κ2) is 9.38. The normalized spacial score (nSPS) is 13.9. The molecule has 0 bridgehead atoms. The van der Waals surface area contributed by atoms with Crippen molar-refractivity contribution >= 4 is 28.4 Å². The maximum absolute atomic E-state index is 12.8. The van der Waals surface area contributed by atoms with Crippen molar-refractivity contribution in [2.24, 2.45) is 0 Å². The number of morpholine rings is 1. The Morgan fingerprint density at radius 3 is 2.88 bits per heavy atom. The molecule has 0 atom stereocenters. The molecule has 1 N–H and O–H groups in total. The van der Waals surface area contributed by atoms with E-state index in [0.717, 1.165) is 40.8 Å². The standard InChI is InChI=1S/C25H26N6O2/c1-2-10-31-17-21(20-6-8-26-16-23(20)31)22-7-9-27-25(29-22)28-19-5-3-4-18(15-19)24(32)30-11-13-33-14-12-30/h3-9,15-17H,2,10-14H2,1H3,(H,27,28,29). The van der Waals surface area contributed by atoms with Crippen LogP contribution >= 0.6 is 0 Å². The van der Waals surface area contributed by atoms with Crippen LogP contribution in [0.3, 0.4) is 0 Å². The Bertz CT molecular complexity index is 1280. The van der Waals surface area contributed by atoms with Gasteiger partial charge in [-0.15, -0.1) is 0 Å². The highest BCUT2D eigenvalue weighted by Crippen LogP contribution is 2.30. The summed E-state index contributed by atoms with van der Waals surface area (Å²) in [5, 5.41) is 4.37. The van der Waals surface area contributed by atoms with Gasteiger partial charge in [-0.05, 0) is 36.8 Å². The number of nitrogens with one attached hydrogen (secondary N) is 1. The van der Waals surface area contributed by atoms with Gasteiger partial charge in [-0.25, -0.2) is 9.97 Å². The van der Waals surface area contributed by atoms with Gasteiger partial charge in [0.15, 0.2) is 0 Å². The summed E-state index contributed by atoms with van der Waals surface area (Å²) in [6.07, 6.45) is 8.61. The van der Waals surface area contributed by atoms with Crippen LogP contribution in [0.25, 0.3) is 22.2 Å². The first-order valence-corrected chi connectivity index (χ1v) is 11.2. The number of aromatic nitrogens is 4. The molecular weight excluding hydrogens is 416 g/mol. The van der Waals surface area contributed by atoms with E-state index in [9.17, 15) is 4.79 Å². The maximum Gasteiger partial charge on any atom is 0.254 e. The highest BCUT2D eigenvalue weighted by Gasteiger charge is 2.19. The van der Waals surface area contributed by atoms with Crippen molar-refractivity contribution in [3.05, 3.63) is 66.7 Å². The van der Waals surface area contributed by atoms with Crippen LogP contribution in [-0.2, 0) is 11.3 Å². The molecule has 0 aliphatic carbocycles. The van der Waals surface area contributed by atoms with E-state index < -0.39 is 0 Å². The minimum absolute atomic E-state index is 0.00830. The first kappa shape index (κ1) is 21.1. The van der Waals surface area contributed by atoms with Crippen LogP contribution in [-0.4, -0.2) is 56.6 Å². The fraction of sp³-hybridized carbons (Fsp3) is 0.280. The van der Waals surface area contributed by atoms with Gasteiger partial charge in [0.25, 0.3) is 5.91 Å². The number of hydrogen-bond acceptors (Lipinski definition) is 6. The molecule has 1 aromatic carbocycles. The van der Waals surface area contributed by atoms with Gasteiger partial charge < -0.3 is 19.5 Å². The van der Waals surface area contributed by atoms with Crippen LogP contribution in [0.15, 0.2) is 61.2 Å². The zero-order valence-electron chi connectivity index (χ0n) is 18.6. The van der Waals surface area contributed by atoms with Crippen LogP contribution in [0.1, 0.15) is 23.7 Å². The summed E-state index contributed by atoms with van der Waals surface area (Å²) >= 11 is 0. The lowest BCUT2D eigenvalue weighted by molar-refractivity contribution is 0.0303. The van der Waals surface area contributed by atoms with E-state index in [4.69, 9.17) is 9.72 Å². The van der Waals surface area contributed by atoms with E-state index in [-0.39, 0.29) is 5.91 Å². The predicted octanol–water partition coefficient (Wildman–Crippen LogP) is 4.12. The number of ether oxygens (including phenoxy) is 1. The van der Waals surface area contributed by atoms with E-state index in [0.29, 0.717) is 37.8 Å². The SMILES string of the molecule is CCCn1cc(-c2ccnc(Nc3cccc(C(=O)N4CCOCC4)c3)n2)c2ccncc21. The van der Waals surface area contributed by atoms with Gasteiger partial charge >= 0.3 is 0 Å². The molecule has 33 heavy (non-hydrogen) atoms. The molecule has 4 heterocycles. The quantitative estimate of drug-likeness (QED) is 0.484. The Morgan fingerprint density at radius 1 is 1.15 bits per heavy atom. The minimum Gasteiger partial charge on any atom is -0.378 e. The Hall–Kier alpha value is -3.78. The van der Waals surface area contributed by atoms with Crippen molar-refractivity contribution in [2.75, 3.05) is 31.6 Å². The monoisotopic (exact) mass is 442 g/mol. The van der Waals surface area contributed by atoms with Gasteiger partial charge in [-0.3, -0.25) is 9.78 Å². The number of pyridine rings is 1. The average molecular weight is 443 g/mol. The molecule has 8 nitrogen and oxygen atoms in total. The van der Waals surface area contributed by atoms with Crippen LogP contribution in [0.5, 0.6) is 0 Å². The number of carbonyl (C=O) groups is 1. The molecule has 1 fully saturated rings. The van der Waals surface area contributed by atoms with Gasteiger partial charge in [0.05, 0.1) is 30.6 Å². The molecule has 1 aliphatic heterocycles.